The molecule has 0 atom stereocenters. The van der Waals surface area contributed by atoms with Crippen LogP contribution in [0.25, 0.3) is 22.2 Å². The molecule has 1 aromatic carbocycles. The summed E-state index contributed by atoms with van der Waals surface area (Å²) in [6, 6.07) is 15.5. The minimum atomic E-state index is -0.598. The Bertz CT molecular complexity index is 1240. The van der Waals surface area contributed by atoms with Crippen molar-refractivity contribution >= 4 is 28.6 Å². The number of hydrogen-bond donors (Lipinski definition) is 3. The fourth-order valence-corrected chi connectivity index (χ4v) is 2.92. The Morgan fingerprint density at radius 1 is 0.935 bits per heavy atom. The Labute approximate surface area is 176 Å². The van der Waals surface area contributed by atoms with Crippen LogP contribution in [0.15, 0.2) is 77.7 Å². The summed E-state index contributed by atoms with van der Waals surface area (Å²) in [4.78, 5) is 45.3. The van der Waals surface area contributed by atoms with Crippen molar-refractivity contribution < 1.29 is 18.8 Å². The van der Waals surface area contributed by atoms with E-state index >= 15 is 0 Å². The van der Waals surface area contributed by atoms with Crippen molar-refractivity contribution in [2.24, 2.45) is 0 Å². The van der Waals surface area contributed by atoms with Crippen LogP contribution in [0.3, 0.4) is 0 Å². The zero-order valence-corrected chi connectivity index (χ0v) is 16.2. The molecule has 0 radical (unpaired) electrons. The van der Waals surface area contributed by atoms with Crippen LogP contribution in [-0.2, 0) is 4.79 Å². The molecule has 3 aromatic heterocycles. The van der Waals surface area contributed by atoms with Gasteiger partial charge in [-0.05, 0) is 36.4 Å². The van der Waals surface area contributed by atoms with E-state index in [1.165, 1.54) is 12.3 Å². The molecule has 0 spiro atoms. The Balaban J connectivity index is 1.47. The lowest BCUT2D eigenvalue weighted by Crippen LogP contribution is -2.46. The summed E-state index contributed by atoms with van der Waals surface area (Å²) >= 11 is 0. The molecular weight excluding hydrogens is 398 g/mol. The van der Waals surface area contributed by atoms with Gasteiger partial charge >= 0.3 is 0 Å². The molecule has 0 saturated heterocycles. The van der Waals surface area contributed by atoms with Gasteiger partial charge in [-0.15, -0.1) is 0 Å². The maximum absolute atomic E-state index is 12.8. The van der Waals surface area contributed by atoms with Gasteiger partial charge in [-0.2, -0.15) is 0 Å². The summed E-state index contributed by atoms with van der Waals surface area (Å²) in [7, 11) is 0. The molecule has 0 bridgehead atoms. The lowest BCUT2D eigenvalue weighted by atomic mass is 10.0. The number of para-hydroxylation sites is 1. The molecule has 4 rings (SSSR count). The number of rotatable bonds is 5. The van der Waals surface area contributed by atoms with Gasteiger partial charge in [0.25, 0.3) is 17.7 Å². The van der Waals surface area contributed by atoms with Crippen molar-refractivity contribution in [3.63, 3.8) is 0 Å². The van der Waals surface area contributed by atoms with Gasteiger partial charge in [-0.25, -0.2) is 4.98 Å². The molecule has 0 fully saturated rings. The molecular formula is C22H17N5O4. The number of aromatic nitrogens is 2. The van der Waals surface area contributed by atoms with Gasteiger partial charge in [0.05, 0.1) is 29.6 Å². The zero-order valence-electron chi connectivity index (χ0n) is 16.2. The third-order valence-corrected chi connectivity index (χ3v) is 4.39. The van der Waals surface area contributed by atoms with Crippen molar-refractivity contribution in [2.45, 2.75) is 0 Å². The van der Waals surface area contributed by atoms with Crippen molar-refractivity contribution in [3.8, 4) is 11.3 Å². The van der Waals surface area contributed by atoms with Gasteiger partial charge in [-0.3, -0.25) is 30.2 Å². The second-order valence-electron chi connectivity index (χ2n) is 6.48. The number of carbonyl (C=O) groups is 3. The second kappa shape index (κ2) is 8.87. The van der Waals surface area contributed by atoms with E-state index < -0.39 is 17.7 Å². The maximum Gasteiger partial charge on any atom is 0.287 e. The highest BCUT2D eigenvalue weighted by molar-refractivity contribution is 6.07. The summed E-state index contributed by atoms with van der Waals surface area (Å²) < 4.78 is 4.95. The number of nitrogens with one attached hydrogen (secondary N) is 3. The van der Waals surface area contributed by atoms with Crippen LogP contribution in [0, 0.1) is 0 Å². The highest BCUT2D eigenvalue weighted by Crippen LogP contribution is 2.24. The van der Waals surface area contributed by atoms with E-state index in [2.05, 4.69) is 26.1 Å². The quantitative estimate of drug-likeness (QED) is 0.429. The smallest absolute Gasteiger partial charge is 0.287 e. The average molecular weight is 415 g/mol. The third-order valence-electron chi connectivity index (χ3n) is 4.39. The standard InChI is InChI=1S/C22H17N5O4/c28-20(13-24-22(30)19-8-4-10-31-19)26-27-21(29)16-11-18(14-5-3-9-23-12-14)25-17-7-2-1-6-15(16)17/h1-12H,13H2,(H,24,30)(H,26,28)(H,27,29). The lowest BCUT2D eigenvalue weighted by Gasteiger charge is -2.11. The van der Waals surface area contributed by atoms with Crippen molar-refractivity contribution in [3.05, 3.63) is 84.6 Å². The van der Waals surface area contributed by atoms with Crippen molar-refractivity contribution in [1.82, 2.24) is 26.1 Å². The maximum atomic E-state index is 12.8. The first-order valence-electron chi connectivity index (χ1n) is 9.33. The predicted octanol–water partition coefficient (Wildman–Crippen LogP) is 2.08. The van der Waals surface area contributed by atoms with Crippen molar-refractivity contribution in [1.29, 1.82) is 0 Å². The fourth-order valence-electron chi connectivity index (χ4n) is 2.92. The SMILES string of the molecule is O=C(CNC(=O)c1ccco1)NNC(=O)c1cc(-c2cccnc2)nc2ccccc12. The van der Waals surface area contributed by atoms with E-state index in [0.717, 1.165) is 5.56 Å². The number of hydrogen-bond acceptors (Lipinski definition) is 6. The van der Waals surface area contributed by atoms with Gasteiger partial charge in [0.2, 0.25) is 0 Å². The minimum Gasteiger partial charge on any atom is -0.459 e. The molecule has 3 amide bonds. The molecule has 3 N–H and O–H groups in total. The molecule has 9 nitrogen and oxygen atoms in total. The van der Waals surface area contributed by atoms with E-state index in [4.69, 9.17) is 4.42 Å². The van der Waals surface area contributed by atoms with Crippen LogP contribution in [-0.4, -0.2) is 34.2 Å². The number of furan rings is 1. The third kappa shape index (κ3) is 4.56. The van der Waals surface area contributed by atoms with Crippen LogP contribution in [0.1, 0.15) is 20.9 Å². The first-order chi connectivity index (χ1) is 15.1. The number of benzene rings is 1. The Hall–Kier alpha value is -4.53. The van der Waals surface area contributed by atoms with Crippen molar-refractivity contribution in [2.75, 3.05) is 6.54 Å². The van der Waals surface area contributed by atoms with E-state index in [9.17, 15) is 14.4 Å². The van der Waals surface area contributed by atoms with E-state index in [0.29, 0.717) is 22.2 Å². The summed E-state index contributed by atoms with van der Waals surface area (Å²) in [6.45, 7) is -0.335. The summed E-state index contributed by atoms with van der Waals surface area (Å²) in [5.74, 6) is -1.57. The number of hydrazine groups is 1. The molecule has 0 aliphatic heterocycles. The highest BCUT2D eigenvalue weighted by Gasteiger charge is 2.15. The molecule has 3 heterocycles. The zero-order chi connectivity index (χ0) is 21.6. The van der Waals surface area contributed by atoms with Gasteiger partial charge in [0.1, 0.15) is 0 Å². The monoisotopic (exact) mass is 415 g/mol. The van der Waals surface area contributed by atoms with Crippen LogP contribution in [0.5, 0.6) is 0 Å². The molecule has 0 aliphatic carbocycles. The number of carbonyl (C=O) groups excluding carboxylic acids is 3. The number of nitrogens with zero attached hydrogens (tertiary/aromatic N) is 2. The molecule has 9 heteroatoms. The van der Waals surface area contributed by atoms with Crippen LogP contribution >= 0.6 is 0 Å². The van der Waals surface area contributed by atoms with Crippen LogP contribution in [0.4, 0.5) is 0 Å². The number of amides is 3. The highest BCUT2D eigenvalue weighted by atomic mass is 16.3. The van der Waals surface area contributed by atoms with Gasteiger partial charge in [0.15, 0.2) is 5.76 Å². The average Bonchev–Trinajstić information content (AvgIpc) is 3.36. The van der Waals surface area contributed by atoms with E-state index in [1.54, 1.807) is 48.8 Å². The predicted molar refractivity (Wildman–Crippen MR) is 112 cm³/mol. The second-order valence-corrected chi connectivity index (χ2v) is 6.48. The minimum absolute atomic E-state index is 0.0861. The number of fused-ring (bicyclic) bond motifs is 1. The first kappa shape index (κ1) is 19.8. The van der Waals surface area contributed by atoms with E-state index in [1.807, 2.05) is 12.1 Å². The molecule has 0 unspecified atom stereocenters. The van der Waals surface area contributed by atoms with Crippen LogP contribution < -0.4 is 16.2 Å². The first-order valence-corrected chi connectivity index (χ1v) is 9.33. The van der Waals surface area contributed by atoms with Gasteiger partial charge in [0, 0.05) is 23.3 Å². The normalized spacial score (nSPS) is 10.5. The topological polar surface area (TPSA) is 126 Å². The summed E-state index contributed by atoms with van der Waals surface area (Å²) in [6.07, 6.45) is 4.66. The largest absolute Gasteiger partial charge is 0.459 e. The Morgan fingerprint density at radius 2 is 1.81 bits per heavy atom. The van der Waals surface area contributed by atoms with Gasteiger partial charge in [-0.1, -0.05) is 18.2 Å². The Morgan fingerprint density at radius 3 is 2.58 bits per heavy atom. The Kier molecular flexibility index (Phi) is 5.66. The lowest BCUT2D eigenvalue weighted by molar-refractivity contribution is -0.120. The molecule has 0 aliphatic rings. The summed E-state index contributed by atoms with van der Waals surface area (Å²) in [5.41, 5.74) is 6.96. The fraction of sp³-hybridized carbons (Fsp3) is 0.0455. The van der Waals surface area contributed by atoms with Gasteiger partial charge < -0.3 is 9.73 Å². The van der Waals surface area contributed by atoms with E-state index in [-0.39, 0.29) is 12.3 Å². The molecule has 154 valence electrons. The summed E-state index contributed by atoms with van der Waals surface area (Å²) in [5, 5.41) is 3.03. The van der Waals surface area contributed by atoms with Crippen LogP contribution in [0.2, 0.25) is 0 Å². The molecule has 4 aromatic rings. The molecule has 31 heavy (non-hydrogen) atoms. The number of pyridine rings is 2. The molecule has 0 saturated carbocycles.